The quantitative estimate of drug-likeness (QED) is 0.0842. The Balaban J connectivity index is 3.72. The van der Waals surface area contributed by atoms with Gasteiger partial charge in [-0.15, -0.1) is 13.5 Å². The second-order valence-corrected chi connectivity index (χ2v) is 15.5. The zero-order chi connectivity index (χ0) is 26.6. The molecule has 0 spiro atoms. The standard InChI is InChI=1S/C24H54N3O6P3/c1-7-13-19-28-34(29-20-14-8-2)25-35(30-21-15-9-3,31-22-16-10-4)27-36(26-34,32-23-17-11-5)33-24-18-12-6/h7-24H2,1-6H3. The molecule has 216 valence electrons. The average Bonchev–Trinajstić information content (AvgIpc) is 2.85. The second-order valence-electron chi connectivity index (χ2n) is 8.86. The maximum absolute atomic E-state index is 6.42. The molecule has 0 saturated heterocycles. The number of unbranched alkanes of at least 4 members (excludes halogenated alkanes) is 6. The van der Waals surface area contributed by atoms with Crippen LogP contribution in [0.15, 0.2) is 13.5 Å². The molecule has 1 aliphatic rings. The molecule has 0 fully saturated rings. The van der Waals surface area contributed by atoms with Crippen LogP contribution in [-0.2, 0) is 27.1 Å². The summed E-state index contributed by atoms with van der Waals surface area (Å²) in [7, 11) is -9.40. The van der Waals surface area contributed by atoms with Crippen LogP contribution in [0.25, 0.3) is 0 Å². The van der Waals surface area contributed by atoms with E-state index < -0.39 is 23.0 Å². The van der Waals surface area contributed by atoms with Crippen molar-refractivity contribution in [1.82, 2.24) is 0 Å². The third-order valence-corrected chi connectivity index (χ3v) is 13.8. The fourth-order valence-corrected chi connectivity index (χ4v) is 12.6. The van der Waals surface area contributed by atoms with Gasteiger partial charge in [-0.25, -0.2) is 0 Å². The highest BCUT2D eigenvalue weighted by Crippen LogP contribution is 2.80. The van der Waals surface area contributed by atoms with E-state index >= 15 is 0 Å². The van der Waals surface area contributed by atoms with Crippen molar-refractivity contribution in [2.75, 3.05) is 39.6 Å². The molecule has 0 atom stereocenters. The van der Waals surface area contributed by atoms with E-state index in [0.717, 1.165) is 77.0 Å². The molecule has 1 aliphatic heterocycles. The van der Waals surface area contributed by atoms with Gasteiger partial charge in [-0.05, 0) is 38.5 Å². The Bertz CT molecular complexity index is 582. The molecular weight excluding hydrogens is 519 g/mol. The molecule has 36 heavy (non-hydrogen) atoms. The summed E-state index contributed by atoms with van der Waals surface area (Å²) in [5.41, 5.74) is 0. The lowest BCUT2D eigenvalue weighted by Gasteiger charge is -2.33. The van der Waals surface area contributed by atoms with Crippen molar-refractivity contribution in [3.63, 3.8) is 0 Å². The molecule has 0 saturated carbocycles. The van der Waals surface area contributed by atoms with Gasteiger partial charge in [-0.3, -0.25) is 0 Å². The Kier molecular flexibility index (Phi) is 19.5. The van der Waals surface area contributed by atoms with Gasteiger partial charge >= 0.3 is 23.0 Å². The highest BCUT2D eigenvalue weighted by molar-refractivity contribution is 7.78. The molecule has 0 radical (unpaired) electrons. The largest absolute Gasteiger partial charge is 0.349 e. The molecule has 0 bridgehead atoms. The summed E-state index contributed by atoms with van der Waals surface area (Å²) >= 11 is 0. The fraction of sp³-hybridized carbons (Fsp3) is 1.00. The normalized spacial score (nSPS) is 17.8. The Morgan fingerprint density at radius 3 is 0.639 bits per heavy atom. The molecule has 12 heteroatoms. The maximum atomic E-state index is 6.42. The predicted molar refractivity (Wildman–Crippen MR) is 153 cm³/mol. The second kappa shape index (κ2) is 20.4. The minimum atomic E-state index is -3.13. The van der Waals surface area contributed by atoms with Gasteiger partial charge in [0.2, 0.25) is 0 Å². The van der Waals surface area contributed by atoms with E-state index in [1.54, 1.807) is 0 Å². The molecule has 9 nitrogen and oxygen atoms in total. The summed E-state index contributed by atoms with van der Waals surface area (Å²) in [6.07, 6.45) is 11.3. The van der Waals surface area contributed by atoms with E-state index in [2.05, 4.69) is 41.5 Å². The lowest BCUT2D eigenvalue weighted by atomic mass is 10.4. The Hall–Kier alpha value is 0.450. The molecular formula is C24H54N3O6P3. The van der Waals surface area contributed by atoms with Gasteiger partial charge in [-0.2, -0.15) is 0 Å². The lowest BCUT2D eigenvalue weighted by Crippen LogP contribution is -2.07. The van der Waals surface area contributed by atoms with Crippen LogP contribution in [0.5, 0.6) is 0 Å². The third-order valence-electron chi connectivity index (χ3n) is 5.22. The van der Waals surface area contributed by atoms with Crippen molar-refractivity contribution in [3.8, 4) is 0 Å². The van der Waals surface area contributed by atoms with Gasteiger partial charge in [0, 0.05) is 0 Å². The number of rotatable bonds is 24. The van der Waals surface area contributed by atoms with Crippen molar-refractivity contribution in [2.45, 2.75) is 119 Å². The van der Waals surface area contributed by atoms with Gasteiger partial charge in [0.25, 0.3) is 0 Å². The Morgan fingerprint density at radius 2 is 0.500 bits per heavy atom. The number of hydrogen-bond donors (Lipinski definition) is 0. The van der Waals surface area contributed by atoms with Crippen LogP contribution in [0.2, 0.25) is 0 Å². The van der Waals surface area contributed by atoms with Crippen LogP contribution in [0, 0.1) is 0 Å². The van der Waals surface area contributed by atoms with Crippen molar-refractivity contribution in [1.29, 1.82) is 0 Å². The van der Waals surface area contributed by atoms with Crippen molar-refractivity contribution >= 4 is 23.0 Å². The molecule has 0 aromatic heterocycles. The maximum Gasteiger partial charge on any atom is 0.349 e. The van der Waals surface area contributed by atoms with Crippen LogP contribution in [0.1, 0.15) is 119 Å². The van der Waals surface area contributed by atoms with Crippen LogP contribution in [-0.4, -0.2) is 39.6 Å². The first-order valence-corrected chi connectivity index (χ1v) is 18.9. The first kappa shape index (κ1) is 34.5. The van der Waals surface area contributed by atoms with E-state index in [4.69, 9.17) is 40.7 Å². The van der Waals surface area contributed by atoms with Crippen molar-refractivity contribution < 1.29 is 27.1 Å². The van der Waals surface area contributed by atoms with Gasteiger partial charge in [-0.1, -0.05) is 80.1 Å². The van der Waals surface area contributed by atoms with Crippen molar-refractivity contribution in [2.24, 2.45) is 13.5 Å². The molecule has 0 aliphatic carbocycles. The molecule has 1 heterocycles. The minimum Gasteiger partial charge on any atom is -0.306 e. The Morgan fingerprint density at radius 1 is 0.333 bits per heavy atom. The zero-order valence-electron chi connectivity index (χ0n) is 23.9. The third kappa shape index (κ3) is 13.0. The average molecular weight is 574 g/mol. The monoisotopic (exact) mass is 573 g/mol. The SMILES string of the molecule is CCCCOP1(OCCCC)=NP(OCCCC)(OCCCC)=NP(OCCCC)(OCCCC)=N1. The topological polar surface area (TPSA) is 92.5 Å². The lowest BCUT2D eigenvalue weighted by molar-refractivity contribution is 0.211. The molecule has 0 aromatic carbocycles. The van der Waals surface area contributed by atoms with Crippen LogP contribution in [0.4, 0.5) is 0 Å². The van der Waals surface area contributed by atoms with Gasteiger partial charge < -0.3 is 27.1 Å². The zero-order valence-corrected chi connectivity index (χ0v) is 26.5. The summed E-state index contributed by atoms with van der Waals surface area (Å²) in [6, 6.07) is 0. The van der Waals surface area contributed by atoms with E-state index in [9.17, 15) is 0 Å². The van der Waals surface area contributed by atoms with Crippen molar-refractivity contribution in [3.05, 3.63) is 0 Å². The molecule has 0 aromatic rings. The predicted octanol–water partition coefficient (Wildman–Crippen LogP) is 10.7. The molecule has 0 unspecified atom stereocenters. The minimum absolute atomic E-state index is 0.497. The number of nitrogens with zero attached hydrogens (tertiary/aromatic N) is 3. The summed E-state index contributed by atoms with van der Waals surface area (Å²) in [5.74, 6) is 0. The summed E-state index contributed by atoms with van der Waals surface area (Å²) in [6.45, 7) is 15.8. The highest BCUT2D eigenvalue weighted by atomic mass is 31.3. The summed E-state index contributed by atoms with van der Waals surface area (Å²) < 4.78 is 53.7. The van der Waals surface area contributed by atoms with E-state index in [1.165, 1.54) is 0 Å². The molecule has 1 rings (SSSR count). The number of hydrogen-bond acceptors (Lipinski definition) is 9. The smallest absolute Gasteiger partial charge is 0.306 e. The summed E-state index contributed by atoms with van der Waals surface area (Å²) in [4.78, 5) is 0. The summed E-state index contributed by atoms with van der Waals surface area (Å²) in [5, 5.41) is 0. The van der Waals surface area contributed by atoms with Gasteiger partial charge in [0.1, 0.15) is 0 Å². The van der Waals surface area contributed by atoms with E-state index in [-0.39, 0.29) is 0 Å². The van der Waals surface area contributed by atoms with E-state index in [1.807, 2.05) is 0 Å². The fourth-order valence-electron chi connectivity index (χ4n) is 2.87. The Labute approximate surface area is 221 Å². The first-order valence-electron chi connectivity index (χ1n) is 14.3. The highest BCUT2D eigenvalue weighted by Gasteiger charge is 2.43. The molecule has 0 N–H and O–H groups in total. The van der Waals surface area contributed by atoms with Gasteiger partial charge in [0.15, 0.2) is 0 Å². The van der Waals surface area contributed by atoms with E-state index in [0.29, 0.717) is 39.6 Å². The van der Waals surface area contributed by atoms with Gasteiger partial charge in [0.05, 0.1) is 39.6 Å². The van der Waals surface area contributed by atoms with Crippen LogP contribution < -0.4 is 0 Å². The van der Waals surface area contributed by atoms with Crippen LogP contribution in [0.3, 0.4) is 0 Å². The van der Waals surface area contributed by atoms with Crippen LogP contribution >= 0.6 is 23.0 Å². The molecule has 0 amide bonds. The first-order chi connectivity index (χ1) is 17.5.